The van der Waals surface area contributed by atoms with Crippen molar-refractivity contribution in [1.82, 2.24) is 24.8 Å². The fourth-order valence-electron chi connectivity index (χ4n) is 3.01. The molecule has 0 radical (unpaired) electrons. The van der Waals surface area contributed by atoms with E-state index in [2.05, 4.69) is 29.8 Å². The molecule has 132 valence electrons. The minimum atomic E-state index is -1.42. The van der Waals surface area contributed by atoms with E-state index in [9.17, 15) is 4.39 Å². The lowest BCUT2D eigenvalue weighted by Crippen LogP contribution is -2.54. The molecule has 2 aliphatic rings. The highest BCUT2D eigenvalue weighted by Gasteiger charge is 2.33. The van der Waals surface area contributed by atoms with E-state index in [1.54, 1.807) is 6.20 Å². The van der Waals surface area contributed by atoms with Crippen LogP contribution in [-0.2, 0) is 0 Å². The minimum absolute atomic E-state index is 0.265. The summed E-state index contributed by atoms with van der Waals surface area (Å²) in [5.41, 5.74) is 7.63. The second-order valence-electron chi connectivity index (χ2n) is 6.20. The lowest BCUT2D eigenvalue weighted by molar-refractivity contribution is 0.201. The number of nitrogens with two attached hydrogens (primary N) is 1. The molecule has 2 atom stereocenters. The summed E-state index contributed by atoms with van der Waals surface area (Å²) in [4.78, 5) is 24.3. The summed E-state index contributed by atoms with van der Waals surface area (Å²) in [7, 11) is 2.04. The Kier molecular flexibility index (Phi) is 4.14. The average Bonchev–Trinajstić information content (AvgIpc) is 3.01. The minimum Gasteiger partial charge on any atom is -0.355 e. The molecule has 2 aliphatic heterocycles. The Balaban J connectivity index is 1.73. The first-order chi connectivity index (χ1) is 12.0. The molecule has 10 heteroatoms. The third-order valence-electron chi connectivity index (χ3n) is 4.46. The van der Waals surface area contributed by atoms with Gasteiger partial charge >= 0.3 is 0 Å². The summed E-state index contributed by atoms with van der Waals surface area (Å²) in [6, 6.07) is 0. The topological polar surface area (TPSA) is 98.8 Å². The van der Waals surface area contributed by atoms with Crippen molar-refractivity contribution in [2.24, 2.45) is 15.7 Å². The van der Waals surface area contributed by atoms with Crippen LogP contribution < -0.4 is 5.73 Å². The van der Waals surface area contributed by atoms with Gasteiger partial charge < -0.3 is 20.5 Å². The normalized spacial score (nSPS) is 25.2. The number of halogens is 2. The van der Waals surface area contributed by atoms with Crippen molar-refractivity contribution in [1.29, 1.82) is 0 Å². The fraction of sp³-hybridized carbons (Fsp3) is 0.467. The average molecular weight is 365 g/mol. The molecule has 0 aliphatic carbocycles. The molecule has 2 aromatic rings. The summed E-state index contributed by atoms with van der Waals surface area (Å²) in [5.74, 6) is 0.674. The van der Waals surface area contributed by atoms with Crippen LogP contribution >= 0.6 is 11.6 Å². The van der Waals surface area contributed by atoms with E-state index in [4.69, 9.17) is 17.3 Å². The maximum atomic E-state index is 14.6. The van der Waals surface area contributed by atoms with E-state index >= 15 is 0 Å². The van der Waals surface area contributed by atoms with Crippen molar-refractivity contribution in [2.75, 3.05) is 33.2 Å². The third-order valence-corrected chi connectivity index (χ3v) is 4.64. The molecule has 4 heterocycles. The van der Waals surface area contributed by atoms with E-state index in [-0.39, 0.29) is 5.15 Å². The van der Waals surface area contributed by atoms with E-state index < -0.39 is 12.3 Å². The van der Waals surface area contributed by atoms with Gasteiger partial charge in [-0.15, -0.1) is 0 Å². The summed E-state index contributed by atoms with van der Waals surface area (Å²) in [6.07, 6.45) is 0.719. The van der Waals surface area contributed by atoms with Crippen LogP contribution in [-0.4, -0.2) is 82.0 Å². The second kappa shape index (κ2) is 6.32. The predicted molar refractivity (Wildman–Crippen MR) is 94.8 cm³/mol. The zero-order valence-corrected chi connectivity index (χ0v) is 14.4. The first-order valence-electron chi connectivity index (χ1n) is 8.02. The molecule has 4 rings (SSSR count). The number of H-pyrrole nitrogens is 1. The number of nitrogens with zero attached hydrogens (tertiary/aromatic N) is 6. The van der Waals surface area contributed by atoms with Crippen molar-refractivity contribution >= 4 is 34.4 Å². The Morgan fingerprint density at radius 2 is 2.08 bits per heavy atom. The number of likely N-dealkylation sites (N-methyl/N-ethyl adjacent to an activating group) is 1. The van der Waals surface area contributed by atoms with Crippen LogP contribution in [0.1, 0.15) is 5.56 Å². The molecule has 0 saturated carbocycles. The summed E-state index contributed by atoms with van der Waals surface area (Å²) >= 11 is 5.94. The van der Waals surface area contributed by atoms with Crippen molar-refractivity contribution in [3.63, 3.8) is 0 Å². The van der Waals surface area contributed by atoms with Crippen LogP contribution in [0.3, 0.4) is 0 Å². The number of aliphatic imine (C=N–C) groups is 2. The quantitative estimate of drug-likeness (QED) is 0.773. The van der Waals surface area contributed by atoms with Crippen LogP contribution in [0.4, 0.5) is 4.39 Å². The molecule has 0 spiro atoms. The number of hydrogen-bond acceptors (Lipinski definition) is 7. The largest absolute Gasteiger partial charge is 0.355 e. The number of fused-ring (bicyclic) bond motifs is 1. The van der Waals surface area contributed by atoms with Gasteiger partial charge in [0, 0.05) is 32.4 Å². The number of amidine groups is 2. The van der Waals surface area contributed by atoms with Gasteiger partial charge in [0.25, 0.3) is 0 Å². The Bertz CT molecular complexity index is 854. The Morgan fingerprint density at radius 3 is 2.84 bits per heavy atom. The highest BCUT2D eigenvalue weighted by atomic mass is 35.5. The van der Waals surface area contributed by atoms with Gasteiger partial charge in [0.1, 0.15) is 22.7 Å². The van der Waals surface area contributed by atoms with Crippen molar-refractivity contribution in [3.8, 4) is 0 Å². The SMILES string of the molecule is CN1CCN(C2=NC(c3c[nH]c4ncc(Cl)nc34)=NC(N)C2F)CC1. The maximum absolute atomic E-state index is 14.6. The van der Waals surface area contributed by atoms with Crippen molar-refractivity contribution in [2.45, 2.75) is 12.3 Å². The van der Waals surface area contributed by atoms with Gasteiger partial charge in [-0.3, -0.25) is 0 Å². The van der Waals surface area contributed by atoms with Gasteiger partial charge in [0.05, 0.1) is 11.8 Å². The van der Waals surface area contributed by atoms with E-state index in [0.717, 1.165) is 13.1 Å². The molecule has 0 bridgehead atoms. The highest BCUT2D eigenvalue weighted by Crippen LogP contribution is 2.22. The molecule has 0 aromatic carbocycles. The lowest BCUT2D eigenvalue weighted by atomic mass is 10.1. The molecule has 2 unspecified atom stereocenters. The van der Waals surface area contributed by atoms with Gasteiger partial charge in [-0.05, 0) is 7.05 Å². The summed E-state index contributed by atoms with van der Waals surface area (Å²) in [6.45, 7) is 3.10. The smallest absolute Gasteiger partial charge is 0.192 e. The fourth-order valence-corrected chi connectivity index (χ4v) is 3.14. The number of alkyl halides is 1. The van der Waals surface area contributed by atoms with E-state index in [1.807, 2.05) is 11.9 Å². The van der Waals surface area contributed by atoms with Crippen LogP contribution in [0.2, 0.25) is 5.15 Å². The van der Waals surface area contributed by atoms with Gasteiger partial charge in [0.15, 0.2) is 17.7 Å². The third kappa shape index (κ3) is 2.99. The summed E-state index contributed by atoms with van der Waals surface area (Å²) in [5, 5.41) is 0.265. The van der Waals surface area contributed by atoms with Gasteiger partial charge in [-0.2, -0.15) is 0 Å². The predicted octanol–water partition coefficient (Wildman–Crippen LogP) is 0.640. The molecule has 8 nitrogen and oxygen atoms in total. The number of piperazine rings is 1. The Hall–Kier alpha value is -2.10. The number of rotatable bonds is 1. The first-order valence-corrected chi connectivity index (χ1v) is 8.40. The molecular formula is C15H18ClFN8. The molecular weight excluding hydrogens is 347 g/mol. The molecule has 0 amide bonds. The van der Waals surface area contributed by atoms with Crippen molar-refractivity contribution in [3.05, 3.63) is 23.1 Å². The lowest BCUT2D eigenvalue weighted by Gasteiger charge is -2.37. The van der Waals surface area contributed by atoms with Crippen LogP contribution in [0.5, 0.6) is 0 Å². The molecule has 25 heavy (non-hydrogen) atoms. The van der Waals surface area contributed by atoms with E-state index in [1.165, 1.54) is 6.20 Å². The standard InChI is InChI=1S/C15H18ClFN8/c1-24-2-4-25(5-3-24)15-10(17)12(18)22-13(23-15)8-6-19-14-11(8)21-9(16)7-20-14/h6-7,10,12H,2-5,18H2,1H3,(H,19,20). The molecule has 1 fully saturated rings. The van der Waals surface area contributed by atoms with Crippen molar-refractivity contribution < 1.29 is 4.39 Å². The van der Waals surface area contributed by atoms with Gasteiger partial charge in [-0.25, -0.2) is 24.3 Å². The molecule has 2 aromatic heterocycles. The van der Waals surface area contributed by atoms with Crippen LogP contribution in [0.25, 0.3) is 11.2 Å². The summed E-state index contributed by atoms with van der Waals surface area (Å²) < 4.78 is 14.6. The molecule has 3 N–H and O–H groups in total. The zero-order chi connectivity index (χ0) is 17.6. The zero-order valence-electron chi connectivity index (χ0n) is 13.7. The number of aromatic amines is 1. The second-order valence-corrected chi connectivity index (χ2v) is 6.58. The van der Waals surface area contributed by atoms with Gasteiger partial charge in [0.2, 0.25) is 0 Å². The Morgan fingerprint density at radius 1 is 1.32 bits per heavy atom. The van der Waals surface area contributed by atoms with E-state index in [0.29, 0.717) is 41.5 Å². The Labute approximate surface area is 148 Å². The monoisotopic (exact) mass is 364 g/mol. The highest BCUT2D eigenvalue weighted by molar-refractivity contribution is 6.29. The number of nitrogens with one attached hydrogen (secondary N) is 1. The number of hydrogen-bond donors (Lipinski definition) is 2. The van der Waals surface area contributed by atoms with Gasteiger partial charge in [-0.1, -0.05) is 11.6 Å². The van der Waals surface area contributed by atoms with Crippen LogP contribution in [0, 0.1) is 0 Å². The first kappa shape index (κ1) is 16.4. The van der Waals surface area contributed by atoms with Crippen LogP contribution in [0.15, 0.2) is 22.4 Å². The number of aromatic nitrogens is 3. The maximum Gasteiger partial charge on any atom is 0.192 e. The molecule has 1 saturated heterocycles.